The molecule has 0 saturated carbocycles. The highest BCUT2D eigenvalue weighted by Crippen LogP contribution is 2.39. The average Bonchev–Trinajstić information content (AvgIpc) is 2.91. The molecule has 0 fully saturated rings. The summed E-state index contributed by atoms with van der Waals surface area (Å²) in [4.78, 5) is 37.3. The summed E-state index contributed by atoms with van der Waals surface area (Å²) in [6.07, 6.45) is 0. The number of nitrogens with zero attached hydrogens (tertiary/aromatic N) is 5. The van der Waals surface area contributed by atoms with E-state index >= 15 is 0 Å². The first kappa shape index (κ1) is 21.6. The Morgan fingerprint density at radius 3 is 2.34 bits per heavy atom. The lowest BCUT2D eigenvalue weighted by Gasteiger charge is -2.34. The van der Waals surface area contributed by atoms with Crippen molar-refractivity contribution >= 4 is 28.9 Å². The summed E-state index contributed by atoms with van der Waals surface area (Å²) in [5.41, 5.74) is 2.46. The Kier molecular flexibility index (Phi) is 5.98. The number of fused-ring (bicyclic) bond motifs is 2. The predicted molar refractivity (Wildman–Crippen MR) is 125 cm³/mol. The second-order valence-electron chi connectivity index (χ2n) is 7.98. The van der Waals surface area contributed by atoms with E-state index in [1.165, 1.54) is 6.92 Å². The molecule has 0 unspecified atom stereocenters. The Balaban J connectivity index is 1.98. The Bertz CT molecular complexity index is 1160. The third-order valence-electron chi connectivity index (χ3n) is 5.28. The molecule has 2 heterocycles. The molecule has 0 bridgehead atoms. The number of hydrogen-bond acceptors (Lipinski definition) is 7. The molecule has 1 amide bonds. The zero-order chi connectivity index (χ0) is 22.8. The number of hydrazine groups is 1. The Labute approximate surface area is 187 Å². The highest BCUT2D eigenvalue weighted by atomic mass is 16.2. The van der Waals surface area contributed by atoms with Gasteiger partial charge in [-0.15, -0.1) is 0 Å². The van der Waals surface area contributed by atoms with E-state index in [9.17, 15) is 9.59 Å². The molecule has 8 nitrogen and oxygen atoms in total. The number of likely N-dealkylation sites (N-methyl/N-ethyl adjacent to an activating group) is 2. The summed E-state index contributed by atoms with van der Waals surface area (Å²) in [6.45, 7) is 2.89. The number of aromatic nitrogens is 2. The number of para-hydroxylation sites is 2. The third kappa shape index (κ3) is 4.10. The fourth-order valence-electron chi connectivity index (χ4n) is 3.64. The number of rotatable bonds is 6. The van der Waals surface area contributed by atoms with Crippen molar-refractivity contribution in [3.63, 3.8) is 0 Å². The maximum atomic E-state index is 13.3. The van der Waals surface area contributed by atoms with Gasteiger partial charge in [-0.1, -0.05) is 42.5 Å². The number of Topliss-reactive ketones (excluding diaryl/α,β-unsaturated/α-hetero) is 1. The number of carbonyl (C=O) groups excluding carboxylic acids is 2. The fourth-order valence-corrected chi connectivity index (χ4v) is 3.64. The molecule has 1 aliphatic heterocycles. The van der Waals surface area contributed by atoms with Crippen LogP contribution in [-0.2, 0) is 0 Å². The van der Waals surface area contributed by atoms with E-state index in [2.05, 4.69) is 15.2 Å². The monoisotopic (exact) mass is 430 g/mol. The van der Waals surface area contributed by atoms with Crippen molar-refractivity contribution in [1.82, 2.24) is 19.9 Å². The second kappa shape index (κ2) is 8.86. The third-order valence-corrected chi connectivity index (χ3v) is 5.28. The van der Waals surface area contributed by atoms with Crippen LogP contribution < -0.4 is 10.3 Å². The number of hydrogen-bond donors (Lipinski definition) is 1. The van der Waals surface area contributed by atoms with Gasteiger partial charge in [-0.3, -0.25) is 14.6 Å². The fraction of sp³-hybridized carbons (Fsp3) is 0.250. The van der Waals surface area contributed by atoms with E-state index in [1.54, 1.807) is 0 Å². The van der Waals surface area contributed by atoms with Gasteiger partial charge in [-0.05, 0) is 26.2 Å². The van der Waals surface area contributed by atoms with E-state index < -0.39 is 5.91 Å². The van der Waals surface area contributed by atoms with Crippen LogP contribution in [0, 0.1) is 0 Å². The van der Waals surface area contributed by atoms with E-state index in [1.807, 2.05) is 85.8 Å². The van der Waals surface area contributed by atoms with Crippen LogP contribution in [0.15, 0.2) is 54.6 Å². The summed E-state index contributed by atoms with van der Waals surface area (Å²) in [5, 5.41) is 6.83. The van der Waals surface area contributed by atoms with Crippen LogP contribution in [0.1, 0.15) is 27.8 Å². The predicted octanol–water partition coefficient (Wildman–Crippen LogP) is 3.46. The molecule has 8 heteroatoms. The molecule has 0 atom stereocenters. The maximum Gasteiger partial charge on any atom is 0.261 e. The highest BCUT2D eigenvalue weighted by molar-refractivity contribution is 6.17. The van der Waals surface area contributed by atoms with Gasteiger partial charge in [0.1, 0.15) is 11.3 Å². The smallest absolute Gasteiger partial charge is 0.261 e. The van der Waals surface area contributed by atoms with Crippen molar-refractivity contribution < 1.29 is 9.59 Å². The SMILES string of the molecule is CC(=O)c1nc(-c2ccccc2)nc2c1C(=O)Nc1ccccc1N2N(C)CCN(C)C. The molecular weight excluding hydrogens is 404 g/mol. The van der Waals surface area contributed by atoms with Crippen molar-refractivity contribution in [2.24, 2.45) is 0 Å². The van der Waals surface area contributed by atoms with Gasteiger partial charge in [-0.25, -0.2) is 15.0 Å². The molecule has 2 aromatic carbocycles. The number of nitrogens with one attached hydrogen (secondary N) is 1. The van der Waals surface area contributed by atoms with Gasteiger partial charge in [0.25, 0.3) is 5.91 Å². The largest absolute Gasteiger partial charge is 0.320 e. The molecular formula is C24H26N6O2. The van der Waals surface area contributed by atoms with Gasteiger partial charge in [-0.2, -0.15) is 0 Å². The molecule has 164 valence electrons. The van der Waals surface area contributed by atoms with Crippen molar-refractivity contribution in [2.45, 2.75) is 6.92 Å². The summed E-state index contributed by atoms with van der Waals surface area (Å²) in [6, 6.07) is 17.0. The van der Waals surface area contributed by atoms with Gasteiger partial charge >= 0.3 is 0 Å². The van der Waals surface area contributed by atoms with Crippen LogP contribution in [0.4, 0.5) is 17.2 Å². The van der Waals surface area contributed by atoms with Crippen LogP contribution in [0.25, 0.3) is 11.4 Å². The van der Waals surface area contributed by atoms with Crippen LogP contribution >= 0.6 is 0 Å². The molecule has 0 saturated heterocycles. The van der Waals surface area contributed by atoms with Gasteiger partial charge in [0, 0.05) is 32.6 Å². The minimum Gasteiger partial charge on any atom is -0.320 e. The first-order chi connectivity index (χ1) is 15.4. The molecule has 0 radical (unpaired) electrons. The van der Waals surface area contributed by atoms with E-state index in [0.717, 1.165) is 17.8 Å². The topological polar surface area (TPSA) is 81.7 Å². The van der Waals surface area contributed by atoms with Crippen molar-refractivity contribution in [3.8, 4) is 11.4 Å². The molecule has 32 heavy (non-hydrogen) atoms. The van der Waals surface area contributed by atoms with Gasteiger partial charge in [0.2, 0.25) is 0 Å². The number of anilines is 3. The summed E-state index contributed by atoms with van der Waals surface area (Å²) in [5.74, 6) is 0.0825. The molecule has 1 N–H and O–H groups in total. The van der Waals surface area contributed by atoms with Crippen molar-refractivity contribution in [1.29, 1.82) is 0 Å². The Morgan fingerprint density at radius 2 is 1.66 bits per heavy atom. The normalized spacial score (nSPS) is 12.9. The van der Waals surface area contributed by atoms with E-state index in [-0.39, 0.29) is 17.0 Å². The molecule has 0 spiro atoms. The quantitative estimate of drug-likeness (QED) is 0.600. The standard InChI is InChI=1S/C24H26N6O2/c1-16(31)21-20-23(27-22(26-21)17-10-6-5-7-11-17)30(29(4)15-14-28(2)3)19-13-9-8-12-18(19)25-24(20)32/h5-13H,14-15H2,1-4H3,(H,25,32). The summed E-state index contributed by atoms with van der Waals surface area (Å²) < 4.78 is 0. The van der Waals surface area contributed by atoms with E-state index in [0.29, 0.717) is 23.9 Å². The lowest BCUT2D eigenvalue weighted by molar-refractivity contribution is 0.0981. The molecule has 0 aliphatic carbocycles. The molecule has 1 aromatic heterocycles. The van der Waals surface area contributed by atoms with Gasteiger partial charge < -0.3 is 10.2 Å². The number of carbonyl (C=O) groups is 2. The lowest BCUT2D eigenvalue weighted by atomic mass is 10.1. The number of ketones is 1. The summed E-state index contributed by atoms with van der Waals surface area (Å²) >= 11 is 0. The first-order valence-corrected chi connectivity index (χ1v) is 10.4. The molecule has 4 rings (SSSR count). The van der Waals surface area contributed by atoms with Gasteiger partial charge in [0.15, 0.2) is 17.4 Å². The second-order valence-corrected chi connectivity index (χ2v) is 7.98. The zero-order valence-corrected chi connectivity index (χ0v) is 18.7. The van der Waals surface area contributed by atoms with Crippen molar-refractivity contribution in [2.75, 3.05) is 44.6 Å². The van der Waals surface area contributed by atoms with Crippen LogP contribution in [0.5, 0.6) is 0 Å². The van der Waals surface area contributed by atoms with Crippen molar-refractivity contribution in [3.05, 3.63) is 65.9 Å². The maximum absolute atomic E-state index is 13.3. The van der Waals surface area contributed by atoms with Crippen LogP contribution in [0.2, 0.25) is 0 Å². The Hall–Kier alpha value is -3.62. The number of amides is 1. The zero-order valence-electron chi connectivity index (χ0n) is 18.7. The minimum absolute atomic E-state index is 0.102. The summed E-state index contributed by atoms with van der Waals surface area (Å²) in [7, 11) is 5.96. The molecule has 1 aliphatic rings. The lowest BCUT2D eigenvalue weighted by Crippen LogP contribution is -2.41. The highest BCUT2D eigenvalue weighted by Gasteiger charge is 2.33. The average molecular weight is 431 g/mol. The van der Waals surface area contributed by atoms with E-state index in [4.69, 9.17) is 4.98 Å². The van der Waals surface area contributed by atoms with Gasteiger partial charge in [0.05, 0.1) is 11.4 Å². The van der Waals surface area contributed by atoms with Crippen LogP contribution in [0.3, 0.4) is 0 Å². The molecule has 3 aromatic rings. The first-order valence-electron chi connectivity index (χ1n) is 10.4. The number of benzene rings is 2. The minimum atomic E-state index is -0.402. The van der Waals surface area contributed by atoms with Crippen LogP contribution in [-0.4, -0.2) is 65.8 Å². The Morgan fingerprint density at radius 1 is 0.969 bits per heavy atom.